The zero-order valence-corrected chi connectivity index (χ0v) is 18.3. The van der Waals surface area contributed by atoms with Gasteiger partial charge >= 0.3 is 0 Å². The largest absolute Gasteiger partial charge is 0.492 e. The minimum atomic E-state index is -3.72. The number of nitrogens with one attached hydrogen (secondary N) is 1. The van der Waals surface area contributed by atoms with Gasteiger partial charge in [-0.3, -0.25) is 4.79 Å². The van der Waals surface area contributed by atoms with Gasteiger partial charge in [-0.2, -0.15) is 4.31 Å². The Balaban J connectivity index is 1.74. The minimum absolute atomic E-state index is 0.0580. The third-order valence-electron chi connectivity index (χ3n) is 4.64. The predicted molar refractivity (Wildman–Crippen MR) is 116 cm³/mol. The first kappa shape index (κ1) is 22.4. The number of anilines is 1. The number of hydrogen-bond donors (Lipinski definition) is 1. The molecule has 0 saturated carbocycles. The fraction of sp³-hybridized carbons (Fsp3) is 0.381. The van der Waals surface area contributed by atoms with E-state index in [9.17, 15) is 13.2 Å². The number of sulfonamides is 1. The van der Waals surface area contributed by atoms with Crippen LogP contribution >= 0.6 is 11.6 Å². The molecule has 1 saturated heterocycles. The smallest absolute Gasteiger partial charge is 0.262 e. The Morgan fingerprint density at radius 3 is 2.43 bits per heavy atom. The second-order valence-corrected chi connectivity index (χ2v) is 9.19. The van der Waals surface area contributed by atoms with Crippen molar-refractivity contribution in [2.75, 3.05) is 31.6 Å². The number of halogens is 1. The predicted octanol–water partition coefficient (Wildman–Crippen LogP) is 3.93. The topological polar surface area (TPSA) is 84.9 Å². The number of carbonyl (C=O) groups is 1. The molecule has 9 heteroatoms. The lowest BCUT2D eigenvalue weighted by molar-refractivity contribution is -0.118. The molecular formula is C21H25ClN2O5S. The highest BCUT2D eigenvalue weighted by molar-refractivity contribution is 7.89. The minimum Gasteiger partial charge on any atom is -0.492 e. The molecule has 0 spiro atoms. The van der Waals surface area contributed by atoms with Crippen LogP contribution in [-0.4, -0.2) is 44.9 Å². The number of piperidine rings is 1. The van der Waals surface area contributed by atoms with Crippen molar-refractivity contribution in [1.82, 2.24) is 4.31 Å². The molecule has 0 radical (unpaired) electrons. The van der Waals surface area contributed by atoms with Crippen LogP contribution in [0.2, 0.25) is 5.02 Å². The van der Waals surface area contributed by atoms with Gasteiger partial charge < -0.3 is 14.8 Å². The summed E-state index contributed by atoms with van der Waals surface area (Å²) in [6, 6.07) is 11.3. The molecule has 0 bridgehead atoms. The summed E-state index contributed by atoms with van der Waals surface area (Å²) >= 11 is 5.83. The van der Waals surface area contributed by atoms with E-state index >= 15 is 0 Å². The van der Waals surface area contributed by atoms with Crippen LogP contribution in [0.4, 0.5) is 5.69 Å². The lowest BCUT2D eigenvalue weighted by Gasteiger charge is -2.27. The second-order valence-electron chi connectivity index (χ2n) is 6.85. The van der Waals surface area contributed by atoms with Crippen LogP contribution in [0.3, 0.4) is 0 Å². The van der Waals surface area contributed by atoms with Crippen molar-refractivity contribution in [3.63, 3.8) is 0 Å². The van der Waals surface area contributed by atoms with Crippen LogP contribution < -0.4 is 14.8 Å². The normalized spacial score (nSPS) is 14.9. The van der Waals surface area contributed by atoms with Crippen LogP contribution in [0.25, 0.3) is 0 Å². The maximum absolute atomic E-state index is 13.2. The fourth-order valence-corrected chi connectivity index (χ4v) is 4.98. The monoisotopic (exact) mass is 452 g/mol. The molecule has 1 heterocycles. The van der Waals surface area contributed by atoms with Gasteiger partial charge in [0.15, 0.2) is 6.61 Å². The Kier molecular flexibility index (Phi) is 7.58. The SMILES string of the molecule is CCOc1ccc(NC(=O)COc2ccc(Cl)cc2)cc1S(=O)(=O)N1CCCCC1. The van der Waals surface area contributed by atoms with E-state index in [4.69, 9.17) is 21.1 Å². The van der Waals surface area contributed by atoms with E-state index in [1.807, 2.05) is 0 Å². The van der Waals surface area contributed by atoms with Crippen molar-refractivity contribution in [2.24, 2.45) is 0 Å². The molecular weight excluding hydrogens is 428 g/mol. The molecule has 3 rings (SSSR count). The van der Waals surface area contributed by atoms with Gasteiger partial charge in [-0.1, -0.05) is 18.0 Å². The van der Waals surface area contributed by atoms with Gasteiger partial charge in [-0.25, -0.2) is 8.42 Å². The average Bonchev–Trinajstić information content (AvgIpc) is 2.75. The lowest BCUT2D eigenvalue weighted by Crippen LogP contribution is -2.35. The van der Waals surface area contributed by atoms with Crippen molar-refractivity contribution < 1.29 is 22.7 Å². The first-order chi connectivity index (χ1) is 14.4. The number of carbonyl (C=O) groups excluding carboxylic acids is 1. The van der Waals surface area contributed by atoms with Gasteiger partial charge in [0.2, 0.25) is 10.0 Å². The summed E-state index contributed by atoms with van der Waals surface area (Å²) in [5, 5.41) is 3.25. The molecule has 1 N–H and O–H groups in total. The number of ether oxygens (including phenoxy) is 2. The third kappa shape index (κ3) is 5.65. The molecule has 0 aromatic heterocycles. The van der Waals surface area contributed by atoms with Crippen molar-refractivity contribution in [3.8, 4) is 11.5 Å². The van der Waals surface area contributed by atoms with E-state index in [2.05, 4.69) is 5.32 Å². The van der Waals surface area contributed by atoms with Crippen LogP contribution in [0, 0.1) is 0 Å². The van der Waals surface area contributed by atoms with Gasteiger partial charge in [0.1, 0.15) is 16.4 Å². The van der Waals surface area contributed by atoms with Gasteiger partial charge in [0.25, 0.3) is 5.91 Å². The summed E-state index contributed by atoms with van der Waals surface area (Å²) < 4.78 is 38.8. The first-order valence-electron chi connectivity index (χ1n) is 9.85. The molecule has 7 nitrogen and oxygen atoms in total. The lowest BCUT2D eigenvalue weighted by atomic mass is 10.2. The summed E-state index contributed by atoms with van der Waals surface area (Å²) in [4.78, 5) is 12.3. The van der Waals surface area contributed by atoms with E-state index in [1.54, 1.807) is 43.3 Å². The van der Waals surface area contributed by atoms with Gasteiger partial charge in [0, 0.05) is 23.8 Å². The number of hydrogen-bond acceptors (Lipinski definition) is 5. The van der Waals surface area contributed by atoms with E-state index in [-0.39, 0.29) is 17.3 Å². The van der Waals surface area contributed by atoms with Crippen LogP contribution in [0.1, 0.15) is 26.2 Å². The van der Waals surface area contributed by atoms with E-state index in [1.165, 1.54) is 10.4 Å². The Bertz CT molecular complexity index is 973. The molecule has 2 aromatic carbocycles. The molecule has 0 atom stereocenters. The highest BCUT2D eigenvalue weighted by Crippen LogP contribution is 2.31. The number of nitrogens with zero attached hydrogens (tertiary/aromatic N) is 1. The molecule has 0 aliphatic carbocycles. The van der Waals surface area contributed by atoms with Crippen molar-refractivity contribution in [1.29, 1.82) is 0 Å². The summed E-state index contributed by atoms with van der Waals surface area (Å²) in [5.41, 5.74) is 0.360. The summed E-state index contributed by atoms with van der Waals surface area (Å²) in [7, 11) is -3.72. The maximum atomic E-state index is 13.2. The Morgan fingerprint density at radius 1 is 1.07 bits per heavy atom. The zero-order chi connectivity index (χ0) is 21.6. The van der Waals surface area contributed by atoms with Crippen LogP contribution in [0.5, 0.6) is 11.5 Å². The van der Waals surface area contributed by atoms with Crippen molar-refractivity contribution >= 4 is 33.2 Å². The van der Waals surface area contributed by atoms with E-state index in [0.717, 1.165) is 19.3 Å². The van der Waals surface area contributed by atoms with Gasteiger partial charge in [-0.15, -0.1) is 0 Å². The maximum Gasteiger partial charge on any atom is 0.262 e. The average molecular weight is 453 g/mol. The quantitative estimate of drug-likeness (QED) is 0.655. The zero-order valence-electron chi connectivity index (χ0n) is 16.8. The number of rotatable bonds is 8. The highest BCUT2D eigenvalue weighted by Gasteiger charge is 2.29. The Morgan fingerprint density at radius 2 is 1.77 bits per heavy atom. The van der Waals surface area contributed by atoms with Crippen molar-refractivity contribution in [2.45, 2.75) is 31.1 Å². The third-order valence-corrected chi connectivity index (χ3v) is 6.82. The molecule has 162 valence electrons. The van der Waals surface area contributed by atoms with E-state index in [0.29, 0.717) is 36.2 Å². The summed E-state index contributed by atoms with van der Waals surface area (Å²) in [6.07, 6.45) is 2.69. The molecule has 1 aliphatic heterocycles. The summed E-state index contributed by atoms with van der Waals surface area (Å²) in [6.45, 7) is 2.88. The van der Waals surface area contributed by atoms with Crippen molar-refractivity contribution in [3.05, 3.63) is 47.5 Å². The molecule has 1 aliphatic rings. The van der Waals surface area contributed by atoms with E-state index < -0.39 is 15.9 Å². The number of benzene rings is 2. The molecule has 30 heavy (non-hydrogen) atoms. The van der Waals surface area contributed by atoms with Gasteiger partial charge in [0.05, 0.1) is 6.61 Å². The Labute approximate surface area is 182 Å². The second kappa shape index (κ2) is 10.1. The fourth-order valence-electron chi connectivity index (χ4n) is 3.18. The first-order valence-corrected chi connectivity index (χ1v) is 11.7. The summed E-state index contributed by atoms with van der Waals surface area (Å²) in [5.74, 6) is 0.378. The molecule has 0 unspecified atom stereocenters. The van der Waals surface area contributed by atoms with Crippen LogP contribution in [-0.2, 0) is 14.8 Å². The van der Waals surface area contributed by atoms with Crippen LogP contribution in [0.15, 0.2) is 47.4 Å². The van der Waals surface area contributed by atoms with Gasteiger partial charge in [-0.05, 0) is 62.2 Å². The molecule has 1 fully saturated rings. The standard InChI is InChI=1S/C21H25ClN2O5S/c1-2-28-19-11-8-17(14-20(19)30(26,27)24-12-4-3-5-13-24)23-21(25)15-29-18-9-6-16(22)7-10-18/h6-11,14H,2-5,12-13,15H2,1H3,(H,23,25). The highest BCUT2D eigenvalue weighted by atomic mass is 35.5. The number of amides is 1. The molecule has 1 amide bonds. The Hall–Kier alpha value is -2.29. The molecule has 2 aromatic rings.